The molecular weight excluding hydrogens is 158 g/mol. The van der Waals surface area contributed by atoms with Gasteiger partial charge in [-0.15, -0.1) is 0 Å². The van der Waals surface area contributed by atoms with Crippen molar-refractivity contribution >= 4 is 27.3 Å². The molecule has 0 unspecified atom stereocenters. The highest BCUT2D eigenvalue weighted by Gasteiger charge is 1.95. The summed E-state index contributed by atoms with van der Waals surface area (Å²) in [6, 6.07) is 5.90. The van der Waals surface area contributed by atoms with Crippen LogP contribution in [0, 0.1) is 0 Å². The average Bonchev–Trinajstić information content (AvgIpc) is 2.50. The molecule has 0 aliphatic heterocycles. The van der Waals surface area contributed by atoms with Crippen molar-refractivity contribution in [2.24, 2.45) is 5.84 Å². The lowest BCUT2D eigenvalue weighted by molar-refractivity contribution is 1.36. The van der Waals surface area contributed by atoms with Gasteiger partial charge in [0.1, 0.15) is 0 Å². The van der Waals surface area contributed by atoms with Gasteiger partial charge in [-0.25, -0.2) is 0 Å². The summed E-state index contributed by atoms with van der Waals surface area (Å²) < 4.78 is 5.23. The minimum Gasteiger partial charge on any atom is -0.324 e. The van der Waals surface area contributed by atoms with Crippen LogP contribution in [0.1, 0.15) is 0 Å². The fourth-order valence-electron chi connectivity index (χ4n) is 0.962. The minimum absolute atomic E-state index is 0.915. The molecule has 56 valence electrons. The van der Waals surface area contributed by atoms with E-state index in [-0.39, 0.29) is 0 Å². The Bertz CT molecular complexity index is 368. The van der Waals surface area contributed by atoms with Crippen LogP contribution in [0.4, 0.5) is 5.69 Å². The third-order valence-corrected chi connectivity index (χ3v) is 2.30. The molecule has 0 aliphatic carbocycles. The molecule has 11 heavy (non-hydrogen) atoms. The Balaban J connectivity index is 2.67. The van der Waals surface area contributed by atoms with E-state index in [0.29, 0.717) is 0 Å². The second-order valence-corrected chi connectivity index (χ2v) is 3.06. The predicted octanol–water partition coefficient (Wildman–Crippen LogP) is 1.58. The van der Waals surface area contributed by atoms with Crippen molar-refractivity contribution in [1.29, 1.82) is 0 Å². The highest BCUT2D eigenvalue weighted by atomic mass is 32.1. The third kappa shape index (κ3) is 1.06. The number of hydrogen-bond acceptors (Lipinski definition) is 4. The number of nitrogen functional groups attached to an aromatic ring is 1. The zero-order valence-electron chi connectivity index (χ0n) is 5.74. The lowest BCUT2D eigenvalue weighted by Crippen LogP contribution is -2.05. The zero-order chi connectivity index (χ0) is 7.68. The Labute approximate surface area is 68.0 Å². The highest BCUT2D eigenvalue weighted by molar-refractivity contribution is 7.13. The number of rotatable bonds is 1. The maximum Gasteiger partial charge on any atom is 0.0551 e. The summed E-state index contributed by atoms with van der Waals surface area (Å²) in [5.74, 6) is 5.24. The SMILES string of the molecule is NNc1ccc2sncc2c1. The van der Waals surface area contributed by atoms with Gasteiger partial charge < -0.3 is 5.43 Å². The lowest BCUT2D eigenvalue weighted by atomic mass is 10.2. The van der Waals surface area contributed by atoms with Crippen LogP contribution in [0.3, 0.4) is 0 Å². The standard InChI is InChI=1S/C7H7N3S/c8-10-6-1-2-7-5(3-6)4-9-11-7/h1-4,10H,8H2. The molecule has 0 amide bonds. The van der Waals surface area contributed by atoms with Gasteiger partial charge in [0.15, 0.2) is 0 Å². The van der Waals surface area contributed by atoms with Crippen LogP contribution in [-0.4, -0.2) is 4.37 Å². The van der Waals surface area contributed by atoms with Crippen LogP contribution >= 0.6 is 11.5 Å². The van der Waals surface area contributed by atoms with Gasteiger partial charge in [0, 0.05) is 17.3 Å². The van der Waals surface area contributed by atoms with Gasteiger partial charge in [0.25, 0.3) is 0 Å². The second-order valence-electron chi connectivity index (χ2n) is 2.22. The third-order valence-electron chi connectivity index (χ3n) is 1.52. The Morgan fingerprint density at radius 3 is 3.18 bits per heavy atom. The number of hydrazine groups is 1. The van der Waals surface area contributed by atoms with Crippen LogP contribution in [0.5, 0.6) is 0 Å². The lowest BCUT2D eigenvalue weighted by Gasteiger charge is -1.96. The molecule has 0 bridgehead atoms. The number of fused-ring (bicyclic) bond motifs is 1. The van der Waals surface area contributed by atoms with Crippen molar-refractivity contribution < 1.29 is 0 Å². The first-order valence-corrected chi connectivity index (χ1v) is 3.98. The van der Waals surface area contributed by atoms with Gasteiger partial charge in [0.2, 0.25) is 0 Å². The van der Waals surface area contributed by atoms with E-state index in [4.69, 9.17) is 5.84 Å². The quantitative estimate of drug-likeness (QED) is 0.498. The molecule has 0 saturated carbocycles. The van der Waals surface area contributed by atoms with Crippen LogP contribution in [0.15, 0.2) is 24.4 Å². The molecule has 0 aliphatic rings. The van der Waals surface area contributed by atoms with Gasteiger partial charge in [-0.3, -0.25) is 5.84 Å². The molecule has 2 rings (SSSR count). The maximum atomic E-state index is 5.24. The van der Waals surface area contributed by atoms with Gasteiger partial charge in [-0.2, -0.15) is 4.37 Å². The maximum absolute atomic E-state index is 5.24. The molecule has 1 heterocycles. The normalized spacial score (nSPS) is 10.3. The minimum atomic E-state index is 0.915. The molecule has 1 aromatic carbocycles. The number of benzene rings is 1. The molecule has 2 aromatic rings. The molecular formula is C7H7N3S. The van der Waals surface area contributed by atoms with E-state index in [2.05, 4.69) is 9.80 Å². The van der Waals surface area contributed by atoms with Gasteiger partial charge in [-0.1, -0.05) is 0 Å². The number of nitrogens with two attached hydrogens (primary N) is 1. The summed E-state index contributed by atoms with van der Waals surface area (Å²) in [5, 5.41) is 1.13. The van der Waals surface area contributed by atoms with E-state index < -0.39 is 0 Å². The smallest absolute Gasteiger partial charge is 0.0551 e. The van der Waals surface area contributed by atoms with E-state index in [1.165, 1.54) is 16.2 Å². The number of nitrogens with one attached hydrogen (secondary N) is 1. The first-order valence-electron chi connectivity index (χ1n) is 3.21. The molecule has 3 N–H and O–H groups in total. The van der Waals surface area contributed by atoms with Crippen molar-refractivity contribution in [1.82, 2.24) is 4.37 Å². The molecule has 0 fully saturated rings. The van der Waals surface area contributed by atoms with E-state index in [0.717, 1.165) is 11.1 Å². The highest BCUT2D eigenvalue weighted by Crippen LogP contribution is 2.20. The topological polar surface area (TPSA) is 50.9 Å². The van der Waals surface area contributed by atoms with Crippen LogP contribution in [0.25, 0.3) is 10.1 Å². The Morgan fingerprint density at radius 2 is 2.36 bits per heavy atom. The predicted molar refractivity (Wildman–Crippen MR) is 47.4 cm³/mol. The molecule has 0 saturated heterocycles. The largest absolute Gasteiger partial charge is 0.324 e. The summed E-state index contributed by atoms with van der Waals surface area (Å²) in [7, 11) is 0. The summed E-state index contributed by atoms with van der Waals surface area (Å²) in [6.07, 6.45) is 1.83. The van der Waals surface area contributed by atoms with Gasteiger partial charge >= 0.3 is 0 Å². The van der Waals surface area contributed by atoms with E-state index in [1.54, 1.807) is 0 Å². The van der Waals surface area contributed by atoms with Crippen molar-refractivity contribution in [2.75, 3.05) is 5.43 Å². The first-order chi connectivity index (χ1) is 5.40. The van der Waals surface area contributed by atoms with Crippen molar-refractivity contribution in [3.63, 3.8) is 0 Å². The molecule has 4 heteroatoms. The van der Waals surface area contributed by atoms with E-state index in [1.807, 2.05) is 24.4 Å². The van der Waals surface area contributed by atoms with Crippen molar-refractivity contribution in [2.45, 2.75) is 0 Å². The molecule has 0 atom stereocenters. The fourth-order valence-corrected chi connectivity index (χ4v) is 1.59. The average molecular weight is 165 g/mol. The number of nitrogens with zero attached hydrogens (tertiary/aromatic N) is 1. The number of aromatic nitrogens is 1. The Hall–Kier alpha value is -1.13. The molecule has 0 radical (unpaired) electrons. The molecule has 0 spiro atoms. The molecule has 1 aromatic heterocycles. The Kier molecular flexibility index (Phi) is 1.48. The number of hydrogen-bond donors (Lipinski definition) is 2. The zero-order valence-corrected chi connectivity index (χ0v) is 6.56. The van der Waals surface area contributed by atoms with Crippen molar-refractivity contribution in [3.05, 3.63) is 24.4 Å². The molecule has 3 nitrogen and oxygen atoms in total. The number of anilines is 1. The van der Waals surface area contributed by atoms with Gasteiger partial charge in [-0.05, 0) is 29.7 Å². The first kappa shape index (κ1) is 6.57. The summed E-state index contributed by atoms with van der Waals surface area (Å²) in [6.45, 7) is 0. The van der Waals surface area contributed by atoms with E-state index >= 15 is 0 Å². The van der Waals surface area contributed by atoms with Gasteiger partial charge in [0.05, 0.1) is 4.70 Å². The van der Waals surface area contributed by atoms with E-state index in [9.17, 15) is 0 Å². The summed E-state index contributed by atoms with van der Waals surface area (Å²) in [5.41, 5.74) is 3.50. The monoisotopic (exact) mass is 165 g/mol. The van der Waals surface area contributed by atoms with Crippen LogP contribution in [-0.2, 0) is 0 Å². The van der Waals surface area contributed by atoms with Crippen molar-refractivity contribution in [3.8, 4) is 0 Å². The summed E-state index contributed by atoms with van der Waals surface area (Å²) in [4.78, 5) is 0. The van der Waals surface area contributed by atoms with Crippen LogP contribution in [0.2, 0.25) is 0 Å². The van der Waals surface area contributed by atoms with Crippen LogP contribution < -0.4 is 11.3 Å². The Morgan fingerprint density at radius 1 is 1.45 bits per heavy atom. The second kappa shape index (κ2) is 2.48. The summed E-state index contributed by atoms with van der Waals surface area (Å²) >= 11 is 1.49. The fraction of sp³-hybridized carbons (Fsp3) is 0.